The summed E-state index contributed by atoms with van der Waals surface area (Å²) in [5, 5.41) is 3.85. The third kappa shape index (κ3) is 5.27. The molecule has 0 saturated carbocycles. The van der Waals surface area contributed by atoms with Crippen molar-refractivity contribution in [3.8, 4) is 0 Å². The van der Waals surface area contributed by atoms with Gasteiger partial charge in [-0.05, 0) is 20.2 Å². The molecule has 0 atom stereocenters. The van der Waals surface area contributed by atoms with E-state index in [1.807, 2.05) is 14.1 Å². The SMILES string of the molecule is CN(C)CCOCCNc1nc(N)c(Cl)cc1Cl. The quantitative estimate of drug-likeness (QED) is 0.752. The Bertz CT molecular complexity index is 388. The van der Waals surface area contributed by atoms with E-state index in [1.165, 1.54) is 0 Å². The van der Waals surface area contributed by atoms with E-state index in [1.54, 1.807) is 6.07 Å². The largest absolute Gasteiger partial charge is 0.382 e. The lowest BCUT2D eigenvalue weighted by Crippen LogP contribution is -2.20. The molecule has 0 aliphatic carbocycles. The van der Waals surface area contributed by atoms with Crippen LogP contribution in [0, 0.1) is 0 Å². The fraction of sp³-hybridized carbons (Fsp3) is 0.545. The van der Waals surface area contributed by atoms with Gasteiger partial charge >= 0.3 is 0 Å². The number of rotatable bonds is 7. The number of hydrogen-bond donors (Lipinski definition) is 2. The molecule has 0 aliphatic rings. The van der Waals surface area contributed by atoms with Crippen LogP contribution in [0.1, 0.15) is 0 Å². The first-order valence-electron chi connectivity index (χ1n) is 5.58. The molecule has 18 heavy (non-hydrogen) atoms. The van der Waals surface area contributed by atoms with Crippen LogP contribution in [-0.2, 0) is 4.74 Å². The van der Waals surface area contributed by atoms with Crippen molar-refractivity contribution in [3.05, 3.63) is 16.1 Å². The Morgan fingerprint density at radius 2 is 2.06 bits per heavy atom. The van der Waals surface area contributed by atoms with Crippen LogP contribution in [0.25, 0.3) is 0 Å². The minimum absolute atomic E-state index is 0.261. The number of aromatic nitrogens is 1. The number of nitrogens with zero attached hydrogens (tertiary/aromatic N) is 2. The van der Waals surface area contributed by atoms with E-state index in [-0.39, 0.29) is 5.82 Å². The third-order valence-electron chi connectivity index (χ3n) is 2.18. The highest BCUT2D eigenvalue weighted by molar-refractivity contribution is 6.37. The first-order chi connectivity index (χ1) is 8.50. The molecule has 3 N–H and O–H groups in total. The van der Waals surface area contributed by atoms with Crippen molar-refractivity contribution in [1.82, 2.24) is 9.88 Å². The molecule has 1 heterocycles. The summed E-state index contributed by atoms with van der Waals surface area (Å²) in [6.07, 6.45) is 0. The topological polar surface area (TPSA) is 63.4 Å². The average molecular weight is 293 g/mol. The lowest BCUT2D eigenvalue weighted by Gasteiger charge is -2.11. The van der Waals surface area contributed by atoms with Gasteiger partial charge < -0.3 is 20.7 Å². The van der Waals surface area contributed by atoms with Gasteiger partial charge in [0, 0.05) is 13.1 Å². The Balaban J connectivity index is 2.29. The maximum atomic E-state index is 5.97. The number of likely N-dealkylation sites (N-methyl/N-ethyl adjacent to an activating group) is 1. The maximum absolute atomic E-state index is 5.97. The van der Waals surface area contributed by atoms with Crippen molar-refractivity contribution < 1.29 is 4.74 Å². The number of ether oxygens (including phenoxy) is 1. The molecular weight excluding hydrogens is 275 g/mol. The number of pyridine rings is 1. The first kappa shape index (κ1) is 15.3. The van der Waals surface area contributed by atoms with Crippen molar-refractivity contribution >= 4 is 34.8 Å². The number of anilines is 2. The van der Waals surface area contributed by atoms with Crippen LogP contribution >= 0.6 is 23.2 Å². The molecule has 7 heteroatoms. The number of nitrogen functional groups attached to an aromatic ring is 1. The van der Waals surface area contributed by atoms with Crippen LogP contribution in [0.15, 0.2) is 6.07 Å². The molecular formula is C11H18Cl2N4O. The minimum atomic E-state index is 0.261. The van der Waals surface area contributed by atoms with Crippen molar-refractivity contribution in [2.24, 2.45) is 0 Å². The second-order valence-electron chi connectivity index (χ2n) is 4.03. The summed E-state index contributed by atoms with van der Waals surface area (Å²) >= 11 is 11.8. The molecule has 0 saturated heterocycles. The van der Waals surface area contributed by atoms with Crippen LogP contribution < -0.4 is 11.1 Å². The number of hydrogen-bond acceptors (Lipinski definition) is 5. The molecule has 0 unspecified atom stereocenters. The Morgan fingerprint density at radius 3 is 2.72 bits per heavy atom. The normalized spacial score (nSPS) is 10.9. The molecule has 1 aromatic heterocycles. The van der Waals surface area contributed by atoms with Gasteiger partial charge in [-0.15, -0.1) is 0 Å². The lowest BCUT2D eigenvalue weighted by molar-refractivity contribution is 0.126. The van der Waals surface area contributed by atoms with Gasteiger partial charge in [-0.1, -0.05) is 23.2 Å². The van der Waals surface area contributed by atoms with E-state index in [9.17, 15) is 0 Å². The molecule has 0 spiro atoms. The molecule has 1 aromatic rings. The molecule has 0 fully saturated rings. The lowest BCUT2D eigenvalue weighted by atomic mass is 10.4. The van der Waals surface area contributed by atoms with Gasteiger partial charge in [0.1, 0.15) is 11.6 Å². The van der Waals surface area contributed by atoms with Gasteiger partial charge in [0.2, 0.25) is 0 Å². The van der Waals surface area contributed by atoms with E-state index in [2.05, 4.69) is 15.2 Å². The fourth-order valence-corrected chi connectivity index (χ4v) is 1.62. The molecule has 5 nitrogen and oxygen atoms in total. The van der Waals surface area contributed by atoms with E-state index < -0.39 is 0 Å². The summed E-state index contributed by atoms with van der Waals surface area (Å²) in [7, 11) is 4.00. The van der Waals surface area contributed by atoms with Crippen molar-refractivity contribution in [1.29, 1.82) is 0 Å². The van der Waals surface area contributed by atoms with Crippen molar-refractivity contribution in [2.45, 2.75) is 0 Å². The minimum Gasteiger partial charge on any atom is -0.382 e. The van der Waals surface area contributed by atoms with Gasteiger partial charge in [-0.25, -0.2) is 4.98 Å². The fourth-order valence-electron chi connectivity index (χ4n) is 1.20. The summed E-state index contributed by atoms with van der Waals surface area (Å²) < 4.78 is 5.43. The highest BCUT2D eigenvalue weighted by Gasteiger charge is 2.06. The average Bonchev–Trinajstić information content (AvgIpc) is 2.29. The highest BCUT2D eigenvalue weighted by Crippen LogP contribution is 2.26. The molecule has 0 bridgehead atoms. The Labute approximate surface area is 117 Å². The Kier molecular flexibility index (Phi) is 6.49. The van der Waals surface area contributed by atoms with Gasteiger partial charge in [-0.2, -0.15) is 0 Å². The molecule has 0 aliphatic heterocycles. The van der Waals surface area contributed by atoms with Crippen LogP contribution in [-0.4, -0.2) is 50.3 Å². The molecule has 102 valence electrons. The maximum Gasteiger partial charge on any atom is 0.147 e. The second-order valence-corrected chi connectivity index (χ2v) is 4.84. The van der Waals surface area contributed by atoms with E-state index in [0.717, 1.165) is 6.54 Å². The van der Waals surface area contributed by atoms with Gasteiger partial charge in [0.15, 0.2) is 0 Å². The van der Waals surface area contributed by atoms with E-state index >= 15 is 0 Å². The number of nitrogens with two attached hydrogens (primary N) is 1. The molecule has 0 aromatic carbocycles. The third-order valence-corrected chi connectivity index (χ3v) is 2.77. The standard InChI is InChI=1S/C11H18Cl2N4O/c1-17(2)4-6-18-5-3-15-11-9(13)7-8(12)10(14)16-11/h7H,3-6H2,1-2H3,(H3,14,15,16). The summed E-state index contributed by atoms with van der Waals surface area (Å²) in [5.74, 6) is 0.784. The van der Waals surface area contributed by atoms with E-state index in [4.69, 9.17) is 33.7 Å². The van der Waals surface area contributed by atoms with Crippen LogP contribution in [0.3, 0.4) is 0 Å². The van der Waals surface area contributed by atoms with Crippen molar-refractivity contribution in [2.75, 3.05) is 51.4 Å². The smallest absolute Gasteiger partial charge is 0.147 e. The molecule has 0 radical (unpaired) electrons. The summed E-state index contributed by atoms with van der Waals surface area (Å²) in [5.41, 5.74) is 5.60. The second kappa shape index (κ2) is 7.63. The van der Waals surface area contributed by atoms with Gasteiger partial charge in [0.05, 0.1) is 23.3 Å². The van der Waals surface area contributed by atoms with Crippen molar-refractivity contribution in [3.63, 3.8) is 0 Å². The van der Waals surface area contributed by atoms with Gasteiger partial charge in [0.25, 0.3) is 0 Å². The summed E-state index contributed by atoms with van der Waals surface area (Å²) in [6, 6.07) is 1.57. The number of halogens is 2. The Hall–Kier alpha value is -0.750. The van der Waals surface area contributed by atoms with Crippen LogP contribution in [0.4, 0.5) is 11.6 Å². The molecule has 0 amide bonds. The van der Waals surface area contributed by atoms with Gasteiger partial charge in [-0.3, -0.25) is 0 Å². The predicted octanol–water partition coefficient (Wildman–Crippen LogP) is 1.96. The first-order valence-corrected chi connectivity index (χ1v) is 6.34. The zero-order chi connectivity index (χ0) is 13.5. The zero-order valence-electron chi connectivity index (χ0n) is 10.5. The van der Waals surface area contributed by atoms with Crippen LogP contribution in [0.5, 0.6) is 0 Å². The number of nitrogens with one attached hydrogen (secondary N) is 1. The summed E-state index contributed by atoms with van der Waals surface area (Å²) in [6.45, 7) is 2.78. The van der Waals surface area contributed by atoms with Crippen LogP contribution in [0.2, 0.25) is 10.0 Å². The highest BCUT2D eigenvalue weighted by atomic mass is 35.5. The predicted molar refractivity (Wildman–Crippen MR) is 76.5 cm³/mol. The van der Waals surface area contributed by atoms with E-state index in [0.29, 0.717) is 35.6 Å². The summed E-state index contributed by atoms with van der Waals surface area (Å²) in [4.78, 5) is 6.12. The Morgan fingerprint density at radius 1 is 1.33 bits per heavy atom. The zero-order valence-corrected chi connectivity index (χ0v) is 12.1. The monoisotopic (exact) mass is 292 g/mol. The molecule has 1 rings (SSSR count).